The molecule has 3 aliphatic rings. The SMILES string of the molecule is NC1(CN2CCCC3CCCC32)CC1. The van der Waals surface area contributed by atoms with Gasteiger partial charge in [0, 0.05) is 18.1 Å². The predicted molar refractivity (Wildman–Crippen MR) is 58.1 cm³/mol. The minimum absolute atomic E-state index is 0.227. The Balaban J connectivity index is 1.65. The molecule has 0 amide bonds. The molecule has 1 heterocycles. The monoisotopic (exact) mass is 194 g/mol. The van der Waals surface area contributed by atoms with Crippen LogP contribution in [0.3, 0.4) is 0 Å². The summed E-state index contributed by atoms with van der Waals surface area (Å²) in [7, 11) is 0. The van der Waals surface area contributed by atoms with E-state index in [-0.39, 0.29) is 5.54 Å². The maximum absolute atomic E-state index is 6.22. The van der Waals surface area contributed by atoms with Gasteiger partial charge in [-0.05, 0) is 51.0 Å². The Morgan fingerprint density at radius 3 is 2.71 bits per heavy atom. The first-order valence-electron chi connectivity index (χ1n) is 6.30. The molecule has 2 saturated carbocycles. The number of hydrogen-bond donors (Lipinski definition) is 1. The Morgan fingerprint density at radius 1 is 1.14 bits per heavy atom. The molecule has 0 aromatic heterocycles. The summed E-state index contributed by atoms with van der Waals surface area (Å²) in [6, 6.07) is 0.907. The Hall–Kier alpha value is -0.0800. The molecule has 2 aliphatic carbocycles. The predicted octanol–water partition coefficient (Wildman–Crippen LogP) is 1.74. The summed E-state index contributed by atoms with van der Waals surface area (Å²) in [5, 5.41) is 0. The van der Waals surface area contributed by atoms with Crippen LogP contribution >= 0.6 is 0 Å². The fourth-order valence-electron chi connectivity index (χ4n) is 3.48. The van der Waals surface area contributed by atoms with Gasteiger partial charge in [-0.3, -0.25) is 4.90 Å². The topological polar surface area (TPSA) is 29.3 Å². The van der Waals surface area contributed by atoms with Crippen LogP contribution < -0.4 is 5.73 Å². The third kappa shape index (κ3) is 1.59. The summed E-state index contributed by atoms with van der Waals surface area (Å²) in [4.78, 5) is 2.72. The van der Waals surface area contributed by atoms with Gasteiger partial charge in [0.15, 0.2) is 0 Å². The second-order valence-electron chi connectivity index (χ2n) is 5.73. The zero-order valence-corrected chi connectivity index (χ0v) is 9.04. The first kappa shape index (κ1) is 9.17. The second kappa shape index (κ2) is 3.21. The van der Waals surface area contributed by atoms with Gasteiger partial charge >= 0.3 is 0 Å². The summed E-state index contributed by atoms with van der Waals surface area (Å²) in [5.41, 5.74) is 6.45. The minimum atomic E-state index is 0.227. The van der Waals surface area contributed by atoms with Gasteiger partial charge in [0.1, 0.15) is 0 Å². The Kier molecular flexibility index (Phi) is 2.10. The highest BCUT2D eigenvalue weighted by Crippen LogP contribution is 2.40. The number of likely N-dealkylation sites (tertiary alicyclic amines) is 1. The molecule has 1 saturated heterocycles. The van der Waals surface area contributed by atoms with Crippen molar-refractivity contribution >= 4 is 0 Å². The third-order valence-corrected chi connectivity index (χ3v) is 4.52. The maximum Gasteiger partial charge on any atom is 0.0284 e. The van der Waals surface area contributed by atoms with E-state index in [2.05, 4.69) is 4.90 Å². The number of piperidine rings is 1. The first-order valence-corrected chi connectivity index (χ1v) is 6.30. The fourth-order valence-corrected chi connectivity index (χ4v) is 3.48. The lowest BCUT2D eigenvalue weighted by atomic mass is 9.91. The van der Waals surface area contributed by atoms with Gasteiger partial charge in [0.25, 0.3) is 0 Å². The van der Waals surface area contributed by atoms with Crippen LogP contribution in [0.15, 0.2) is 0 Å². The van der Waals surface area contributed by atoms with E-state index in [0.29, 0.717) is 0 Å². The van der Waals surface area contributed by atoms with Crippen LogP contribution in [-0.2, 0) is 0 Å². The highest BCUT2D eigenvalue weighted by Gasteiger charge is 2.43. The van der Waals surface area contributed by atoms with Gasteiger partial charge in [0.05, 0.1) is 0 Å². The van der Waals surface area contributed by atoms with Crippen molar-refractivity contribution in [2.75, 3.05) is 13.1 Å². The van der Waals surface area contributed by atoms with Crippen LogP contribution in [0.25, 0.3) is 0 Å². The molecule has 1 aliphatic heterocycles. The summed E-state index contributed by atoms with van der Waals surface area (Å²) in [5.74, 6) is 1.02. The highest BCUT2D eigenvalue weighted by atomic mass is 15.2. The van der Waals surface area contributed by atoms with E-state index in [1.54, 1.807) is 0 Å². The average molecular weight is 194 g/mol. The lowest BCUT2D eigenvalue weighted by molar-refractivity contribution is 0.103. The number of rotatable bonds is 2. The molecule has 3 fully saturated rings. The van der Waals surface area contributed by atoms with Crippen LogP contribution in [0.1, 0.15) is 44.9 Å². The molecule has 0 bridgehead atoms. The molecule has 2 heteroatoms. The molecule has 2 atom stereocenters. The molecule has 2 N–H and O–H groups in total. The van der Waals surface area contributed by atoms with Crippen LogP contribution in [0.4, 0.5) is 0 Å². The first-order chi connectivity index (χ1) is 6.77. The van der Waals surface area contributed by atoms with Crippen molar-refractivity contribution in [2.45, 2.75) is 56.5 Å². The van der Waals surface area contributed by atoms with E-state index in [1.807, 2.05) is 0 Å². The standard InChI is InChI=1S/C12H22N2/c13-12(6-7-12)9-14-8-2-4-10-3-1-5-11(10)14/h10-11H,1-9,13H2. The normalized spacial score (nSPS) is 40.9. The average Bonchev–Trinajstić information content (AvgIpc) is 2.73. The Labute approximate surface area is 86.8 Å². The zero-order valence-electron chi connectivity index (χ0n) is 9.04. The van der Waals surface area contributed by atoms with Gasteiger partial charge in [0.2, 0.25) is 0 Å². The zero-order chi connectivity index (χ0) is 9.60. The molecule has 2 nitrogen and oxygen atoms in total. The summed E-state index contributed by atoms with van der Waals surface area (Å²) < 4.78 is 0. The van der Waals surface area contributed by atoms with Gasteiger partial charge in [-0.1, -0.05) is 6.42 Å². The molecule has 80 valence electrons. The van der Waals surface area contributed by atoms with Crippen LogP contribution in [0.2, 0.25) is 0 Å². The fraction of sp³-hybridized carbons (Fsp3) is 1.00. The lowest BCUT2D eigenvalue weighted by Gasteiger charge is -2.39. The Morgan fingerprint density at radius 2 is 1.93 bits per heavy atom. The number of fused-ring (bicyclic) bond motifs is 1. The lowest BCUT2D eigenvalue weighted by Crippen LogP contribution is -2.49. The van der Waals surface area contributed by atoms with Crippen molar-refractivity contribution in [2.24, 2.45) is 11.7 Å². The number of hydrogen-bond acceptors (Lipinski definition) is 2. The molecular weight excluding hydrogens is 172 g/mol. The van der Waals surface area contributed by atoms with E-state index < -0.39 is 0 Å². The molecule has 0 radical (unpaired) electrons. The quantitative estimate of drug-likeness (QED) is 0.725. The van der Waals surface area contributed by atoms with Crippen molar-refractivity contribution in [3.8, 4) is 0 Å². The largest absolute Gasteiger partial charge is 0.324 e. The maximum atomic E-state index is 6.22. The Bertz CT molecular complexity index is 222. The second-order valence-corrected chi connectivity index (χ2v) is 5.73. The number of nitrogens with zero attached hydrogens (tertiary/aromatic N) is 1. The van der Waals surface area contributed by atoms with E-state index >= 15 is 0 Å². The third-order valence-electron chi connectivity index (χ3n) is 4.52. The van der Waals surface area contributed by atoms with Gasteiger partial charge < -0.3 is 5.73 Å². The molecule has 3 rings (SSSR count). The summed E-state index contributed by atoms with van der Waals surface area (Å²) in [6.45, 7) is 2.51. The van der Waals surface area contributed by atoms with E-state index in [0.717, 1.165) is 12.0 Å². The highest BCUT2D eigenvalue weighted by molar-refractivity contribution is 5.03. The van der Waals surface area contributed by atoms with E-state index in [1.165, 1.54) is 58.0 Å². The smallest absolute Gasteiger partial charge is 0.0284 e. The van der Waals surface area contributed by atoms with Crippen molar-refractivity contribution in [1.82, 2.24) is 4.90 Å². The van der Waals surface area contributed by atoms with Gasteiger partial charge in [-0.25, -0.2) is 0 Å². The van der Waals surface area contributed by atoms with Crippen molar-refractivity contribution < 1.29 is 0 Å². The van der Waals surface area contributed by atoms with Crippen molar-refractivity contribution in [1.29, 1.82) is 0 Å². The van der Waals surface area contributed by atoms with Crippen LogP contribution in [0, 0.1) is 5.92 Å². The molecule has 0 spiro atoms. The molecule has 0 aromatic carbocycles. The summed E-state index contributed by atoms with van der Waals surface area (Å²) >= 11 is 0. The molecule has 2 unspecified atom stereocenters. The van der Waals surface area contributed by atoms with Crippen molar-refractivity contribution in [3.05, 3.63) is 0 Å². The van der Waals surface area contributed by atoms with Crippen LogP contribution in [-0.4, -0.2) is 29.6 Å². The number of nitrogens with two attached hydrogens (primary N) is 1. The molecule has 0 aromatic rings. The molecule has 14 heavy (non-hydrogen) atoms. The van der Waals surface area contributed by atoms with Crippen LogP contribution in [0.5, 0.6) is 0 Å². The summed E-state index contributed by atoms with van der Waals surface area (Å²) in [6.07, 6.45) is 9.82. The van der Waals surface area contributed by atoms with Crippen molar-refractivity contribution in [3.63, 3.8) is 0 Å². The van der Waals surface area contributed by atoms with Gasteiger partial charge in [-0.2, -0.15) is 0 Å². The van der Waals surface area contributed by atoms with Gasteiger partial charge in [-0.15, -0.1) is 0 Å². The minimum Gasteiger partial charge on any atom is -0.324 e. The molecular formula is C12H22N2. The van der Waals surface area contributed by atoms with E-state index in [4.69, 9.17) is 5.73 Å². The van der Waals surface area contributed by atoms with E-state index in [9.17, 15) is 0 Å².